The molecule has 31 heavy (non-hydrogen) atoms. The van der Waals surface area contributed by atoms with Gasteiger partial charge in [-0.05, 0) is 31.0 Å². The highest BCUT2D eigenvalue weighted by molar-refractivity contribution is 6.30. The number of carbonyl (C=O) groups is 1. The predicted molar refractivity (Wildman–Crippen MR) is 119 cm³/mol. The molecule has 2 N–H and O–H groups in total. The molecule has 1 aliphatic carbocycles. The number of nitrogens with two attached hydrogens (primary N) is 1. The van der Waals surface area contributed by atoms with Crippen molar-refractivity contribution >= 4 is 17.5 Å². The van der Waals surface area contributed by atoms with Crippen LogP contribution in [0.2, 0.25) is 5.02 Å². The summed E-state index contributed by atoms with van der Waals surface area (Å²) in [5.41, 5.74) is 5.95. The summed E-state index contributed by atoms with van der Waals surface area (Å²) in [6.07, 6.45) is 10.6. The minimum atomic E-state index is -0.786. The fourth-order valence-corrected chi connectivity index (χ4v) is 4.84. The Balaban J connectivity index is 1.41. The summed E-state index contributed by atoms with van der Waals surface area (Å²) in [5, 5.41) is 5.22. The van der Waals surface area contributed by atoms with Crippen LogP contribution in [0.1, 0.15) is 50.1 Å². The van der Waals surface area contributed by atoms with Crippen molar-refractivity contribution in [2.75, 3.05) is 26.3 Å². The van der Waals surface area contributed by atoms with Gasteiger partial charge in [0.15, 0.2) is 0 Å². The van der Waals surface area contributed by atoms with Crippen LogP contribution < -0.4 is 10.5 Å². The number of morpholine rings is 1. The van der Waals surface area contributed by atoms with Crippen LogP contribution in [0.5, 0.6) is 5.75 Å². The van der Waals surface area contributed by atoms with Gasteiger partial charge in [-0.1, -0.05) is 36.9 Å². The standard InChI is InChI=1S/C23H31ClN4O3/c24-19-5-4-8-21(11-19)30-17-23(12-22(25)29)16-27(9-10-31-23)14-18-13-26-28(15-18)20-6-2-1-3-7-20/h4-5,8,11,13,15,20H,1-3,6-7,9-10,12,14,16-17H2,(H2,25,29). The van der Waals surface area contributed by atoms with Crippen molar-refractivity contribution in [3.63, 3.8) is 0 Å². The van der Waals surface area contributed by atoms with Gasteiger partial charge in [-0.3, -0.25) is 14.4 Å². The van der Waals surface area contributed by atoms with Gasteiger partial charge in [0.1, 0.15) is 18.0 Å². The third kappa shape index (κ3) is 5.99. The molecule has 2 fully saturated rings. The maximum Gasteiger partial charge on any atom is 0.220 e. The van der Waals surface area contributed by atoms with Crippen LogP contribution in [0.3, 0.4) is 0 Å². The molecule has 1 saturated heterocycles. The molecule has 0 bridgehead atoms. The largest absolute Gasteiger partial charge is 0.490 e. The summed E-state index contributed by atoms with van der Waals surface area (Å²) >= 11 is 6.06. The Labute approximate surface area is 188 Å². The molecule has 1 aromatic carbocycles. The molecule has 1 unspecified atom stereocenters. The van der Waals surface area contributed by atoms with Crippen LogP contribution in [0.25, 0.3) is 0 Å². The summed E-state index contributed by atoms with van der Waals surface area (Å²) in [6, 6.07) is 7.73. The molecule has 7 nitrogen and oxygen atoms in total. The average Bonchev–Trinajstić information content (AvgIpc) is 3.21. The van der Waals surface area contributed by atoms with E-state index in [-0.39, 0.29) is 13.0 Å². The average molecular weight is 447 g/mol. The third-order valence-electron chi connectivity index (χ3n) is 6.13. The highest BCUT2D eigenvalue weighted by Crippen LogP contribution is 2.29. The topological polar surface area (TPSA) is 82.6 Å². The molecular formula is C23H31ClN4O3. The fraction of sp³-hybridized carbons (Fsp3) is 0.565. The molecule has 8 heteroatoms. The molecule has 168 valence electrons. The number of amides is 1. The van der Waals surface area contributed by atoms with E-state index in [0.29, 0.717) is 30.0 Å². The quantitative estimate of drug-likeness (QED) is 0.670. The van der Waals surface area contributed by atoms with Gasteiger partial charge in [-0.2, -0.15) is 5.10 Å². The van der Waals surface area contributed by atoms with Crippen molar-refractivity contribution in [1.82, 2.24) is 14.7 Å². The van der Waals surface area contributed by atoms with Crippen LogP contribution in [0.15, 0.2) is 36.7 Å². The summed E-state index contributed by atoms with van der Waals surface area (Å²) in [6.45, 7) is 2.85. The summed E-state index contributed by atoms with van der Waals surface area (Å²) in [5.74, 6) is 0.243. The number of ether oxygens (including phenoxy) is 2. The van der Waals surface area contributed by atoms with Gasteiger partial charge in [0, 0.05) is 36.4 Å². The van der Waals surface area contributed by atoms with E-state index >= 15 is 0 Å². The molecule has 2 aromatic rings. The number of rotatable bonds is 8. The van der Waals surface area contributed by atoms with E-state index in [1.165, 1.54) is 37.7 Å². The number of aromatic nitrogens is 2. The maximum atomic E-state index is 11.8. The zero-order valence-corrected chi connectivity index (χ0v) is 18.6. The van der Waals surface area contributed by atoms with E-state index in [4.69, 9.17) is 26.8 Å². The SMILES string of the molecule is NC(=O)CC1(COc2cccc(Cl)c2)CN(Cc2cnn(C3CCCCC3)c2)CCO1. The fourth-order valence-electron chi connectivity index (χ4n) is 4.66. The Bertz CT molecular complexity index is 883. The summed E-state index contributed by atoms with van der Waals surface area (Å²) in [4.78, 5) is 14.1. The normalized spacial score (nSPS) is 23.0. The van der Waals surface area contributed by atoms with Gasteiger partial charge in [0.2, 0.25) is 5.91 Å². The number of hydrogen-bond acceptors (Lipinski definition) is 5. The van der Waals surface area contributed by atoms with E-state index in [9.17, 15) is 4.79 Å². The lowest BCUT2D eigenvalue weighted by Crippen LogP contribution is -2.56. The van der Waals surface area contributed by atoms with Gasteiger partial charge >= 0.3 is 0 Å². The van der Waals surface area contributed by atoms with E-state index in [0.717, 1.165) is 13.1 Å². The lowest BCUT2D eigenvalue weighted by Gasteiger charge is -2.41. The number of primary amides is 1. The second kappa shape index (κ2) is 10.0. The van der Waals surface area contributed by atoms with Gasteiger partial charge in [-0.25, -0.2) is 0 Å². The molecule has 1 amide bonds. The zero-order chi connectivity index (χ0) is 21.7. The first-order chi connectivity index (χ1) is 15.0. The van der Waals surface area contributed by atoms with E-state index in [1.807, 2.05) is 18.3 Å². The second-order valence-electron chi connectivity index (χ2n) is 8.75. The summed E-state index contributed by atoms with van der Waals surface area (Å²) < 4.78 is 14.2. The van der Waals surface area contributed by atoms with Crippen LogP contribution >= 0.6 is 11.6 Å². The van der Waals surface area contributed by atoms with Crippen LogP contribution in [0, 0.1) is 0 Å². The van der Waals surface area contributed by atoms with E-state index in [2.05, 4.69) is 20.9 Å². The Hall–Kier alpha value is -2.09. The van der Waals surface area contributed by atoms with Gasteiger partial charge < -0.3 is 15.2 Å². The number of carbonyl (C=O) groups excluding carboxylic acids is 1. The van der Waals surface area contributed by atoms with Crippen molar-refractivity contribution in [3.05, 3.63) is 47.2 Å². The van der Waals surface area contributed by atoms with Crippen molar-refractivity contribution < 1.29 is 14.3 Å². The molecule has 1 aromatic heterocycles. The Morgan fingerprint density at radius 1 is 1.32 bits per heavy atom. The smallest absolute Gasteiger partial charge is 0.220 e. The first kappa shape index (κ1) is 22.1. The molecule has 2 heterocycles. The van der Waals surface area contributed by atoms with Crippen molar-refractivity contribution in [1.29, 1.82) is 0 Å². The molecule has 4 rings (SSSR count). The lowest BCUT2D eigenvalue weighted by molar-refractivity contribution is -0.148. The lowest BCUT2D eigenvalue weighted by atomic mass is 9.96. The minimum absolute atomic E-state index is 0.103. The summed E-state index contributed by atoms with van der Waals surface area (Å²) in [7, 11) is 0. The Morgan fingerprint density at radius 3 is 2.94 bits per heavy atom. The molecule has 0 spiro atoms. The third-order valence-corrected chi connectivity index (χ3v) is 6.37. The van der Waals surface area contributed by atoms with Crippen molar-refractivity contribution in [2.24, 2.45) is 5.73 Å². The number of hydrogen-bond donors (Lipinski definition) is 1. The predicted octanol–water partition coefficient (Wildman–Crippen LogP) is 3.57. The number of nitrogens with zero attached hydrogens (tertiary/aromatic N) is 3. The Kier molecular flexibility index (Phi) is 7.15. The highest BCUT2D eigenvalue weighted by atomic mass is 35.5. The monoisotopic (exact) mass is 446 g/mol. The van der Waals surface area contributed by atoms with Crippen molar-refractivity contribution in [3.8, 4) is 5.75 Å². The number of halogens is 1. The van der Waals surface area contributed by atoms with Gasteiger partial charge in [0.05, 0.1) is 25.3 Å². The molecule has 1 saturated carbocycles. The van der Waals surface area contributed by atoms with E-state index < -0.39 is 11.5 Å². The first-order valence-corrected chi connectivity index (χ1v) is 11.5. The molecule has 1 atom stereocenters. The molecule has 1 aliphatic heterocycles. The van der Waals surface area contributed by atoms with Crippen LogP contribution in [-0.4, -0.2) is 52.5 Å². The highest BCUT2D eigenvalue weighted by Gasteiger charge is 2.39. The van der Waals surface area contributed by atoms with Gasteiger partial charge in [-0.15, -0.1) is 0 Å². The Morgan fingerprint density at radius 2 is 2.16 bits per heavy atom. The molecular weight excluding hydrogens is 416 g/mol. The second-order valence-corrected chi connectivity index (χ2v) is 9.19. The minimum Gasteiger partial charge on any atom is -0.490 e. The first-order valence-electron chi connectivity index (χ1n) is 11.1. The van der Waals surface area contributed by atoms with Crippen LogP contribution in [-0.2, 0) is 16.1 Å². The number of benzene rings is 1. The molecule has 2 aliphatic rings. The zero-order valence-electron chi connectivity index (χ0n) is 17.8. The van der Waals surface area contributed by atoms with Gasteiger partial charge in [0.25, 0.3) is 0 Å². The van der Waals surface area contributed by atoms with Crippen LogP contribution in [0.4, 0.5) is 0 Å². The molecule has 0 radical (unpaired) electrons. The maximum absolute atomic E-state index is 11.8. The van der Waals surface area contributed by atoms with Crippen molar-refractivity contribution in [2.45, 2.75) is 56.7 Å². The van der Waals surface area contributed by atoms with E-state index in [1.54, 1.807) is 12.1 Å².